The summed E-state index contributed by atoms with van der Waals surface area (Å²) in [6.07, 6.45) is 11.3. The van der Waals surface area contributed by atoms with Crippen molar-refractivity contribution in [2.45, 2.75) is 51.0 Å². The van der Waals surface area contributed by atoms with E-state index >= 15 is 0 Å². The lowest BCUT2D eigenvalue weighted by atomic mass is 9.49. The molecular formula is C21H28O4. The first kappa shape index (κ1) is 18.0. The van der Waals surface area contributed by atoms with E-state index in [1.54, 1.807) is 0 Å². The molecule has 0 aromatic heterocycles. The molecule has 0 aromatic rings. The van der Waals surface area contributed by atoms with Crippen molar-refractivity contribution in [3.05, 3.63) is 37.0 Å². The van der Waals surface area contributed by atoms with Gasteiger partial charge in [0, 0.05) is 12.0 Å². The van der Waals surface area contributed by atoms with E-state index in [-0.39, 0.29) is 11.5 Å². The van der Waals surface area contributed by atoms with Crippen molar-refractivity contribution in [2.24, 2.45) is 29.6 Å². The molecule has 4 rings (SSSR count). The predicted octanol–water partition coefficient (Wildman–Crippen LogP) is 4.13. The first-order chi connectivity index (χ1) is 11.9. The van der Waals surface area contributed by atoms with Gasteiger partial charge < -0.3 is 9.84 Å². The third kappa shape index (κ3) is 3.19. The molecule has 1 unspecified atom stereocenters. The molecule has 4 nitrogen and oxygen atoms in total. The first-order valence-electron chi connectivity index (χ1n) is 9.27. The summed E-state index contributed by atoms with van der Waals surface area (Å²) in [4.78, 5) is 23.9. The van der Waals surface area contributed by atoms with Crippen molar-refractivity contribution in [3.8, 4) is 0 Å². The van der Waals surface area contributed by atoms with Crippen molar-refractivity contribution in [3.63, 3.8) is 0 Å². The molecule has 0 saturated heterocycles. The minimum Gasteiger partial charge on any atom is -0.478 e. The Bertz CT molecular complexity index is 587. The van der Waals surface area contributed by atoms with Crippen LogP contribution in [-0.2, 0) is 14.3 Å². The number of carbonyl (C=O) groups excluding carboxylic acids is 1. The smallest absolute Gasteiger partial charge is 0.330 e. The lowest BCUT2D eigenvalue weighted by molar-refractivity contribution is -0.210. The second-order valence-electron chi connectivity index (χ2n) is 8.09. The number of ether oxygens (including phenoxy) is 1. The van der Waals surface area contributed by atoms with Gasteiger partial charge in [0.05, 0.1) is 5.92 Å². The Kier molecular flexibility index (Phi) is 4.90. The van der Waals surface area contributed by atoms with Crippen molar-refractivity contribution < 1.29 is 19.4 Å². The molecule has 0 heterocycles. The molecule has 25 heavy (non-hydrogen) atoms. The number of aliphatic carboxylic acids is 1. The van der Waals surface area contributed by atoms with Gasteiger partial charge in [-0.25, -0.2) is 4.79 Å². The molecule has 1 N–H and O–H groups in total. The maximum absolute atomic E-state index is 12.8. The molecule has 4 heteroatoms. The summed E-state index contributed by atoms with van der Waals surface area (Å²) in [5, 5.41) is 9.06. The Morgan fingerprint density at radius 3 is 2.16 bits per heavy atom. The molecule has 1 atom stereocenters. The number of carbonyl (C=O) groups is 2. The van der Waals surface area contributed by atoms with E-state index in [0.717, 1.165) is 37.5 Å². The number of carboxylic acid groups (broad SMARTS) is 1. The van der Waals surface area contributed by atoms with E-state index in [2.05, 4.69) is 13.2 Å². The Balaban J connectivity index is 1.83. The Labute approximate surface area is 149 Å². The van der Waals surface area contributed by atoms with Crippen LogP contribution in [0.4, 0.5) is 0 Å². The number of esters is 1. The highest BCUT2D eigenvalue weighted by Crippen LogP contribution is 2.60. The highest BCUT2D eigenvalue weighted by atomic mass is 16.6. The lowest BCUT2D eigenvalue weighted by Crippen LogP contribution is -2.59. The van der Waals surface area contributed by atoms with Crippen LogP contribution in [0.3, 0.4) is 0 Å². The van der Waals surface area contributed by atoms with Crippen molar-refractivity contribution in [1.82, 2.24) is 0 Å². The molecule has 0 spiro atoms. The van der Waals surface area contributed by atoms with Gasteiger partial charge in [-0.15, -0.1) is 13.2 Å². The number of hydrogen-bond acceptors (Lipinski definition) is 3. The van der Waals surface area contributed by atoms with Gasteiger partial charge in [0.15, 0.2) is 0 Å². The minimum absolute atomic E-state index is 0.129. The van der Waals surface area contributed by atoms with E-state index in [0.29, 0.717) is 18.3 Å². The molecule has 0 amide bonds. The third-order valence-electron chi connectivity index (χ3n) is 6.57. The van der Waals surface area contributed by atoms with Gasteiger partial charge in [0.25, 0.3) is 0 Å². The zero-order valence-electron chi connectivity index (χ0n) is 14.9. The summed E-state index contributed by atoms with van der Waals surface area (Å²) in [6, 6.07) is 0. The van der Waals surface area contributed by atoms with Crippen LogP contribution in [-0.4, -0.2) is 22.6 Å². The standard InChI is InChI=1S/C21H28O4/c1-4-6-21(17-9-14-8-15(11-17)12-18(21)10-14)25-20(24)16(5-2)7-13(3)19(22)23/h4-5,7,14-18H,1-2,6,8-12H2,3H3,(H,22,23). The fourth-order valence-corrected chi connectivity index (χ4v) is 5.58. The summed E-state index contributed by atoms with van der Waals surface area (Å²) in [6.45, 7) is 9.07. The van der Waals surface area contributed by atoms with Crippen LogP contribution < -0.4 is 0 Å². The molecule has 0 aliphatic heterocycles. The zero-order valence-corrected chi connectivity index (χ0v) is 14.9. The summed E-state index contributed by atoms with van der Waals surface area (Å²) < 4.78 is 6.17. The SMILES string of the molecule is C=CCC1(OC(=O)C(C=C)C=C(C)C(=O)O)C2CC3CC(C2)CC1C3. The molecular weight excluding hydrogens is 316 g/mol. The van der Waals surface area contributed by atoms with Crippen LogP contribution in [0.15, 0.2) is 37.0 Å². The zero-order chi connectivity index (χ0) is 18.2. The monoisotopic (exact) mass is 344 g/mol. The van der Waals surface area contributed by atoms with E-state index in [1.807, 2.05) is 6.08 Å². The maximum atomic E-state index is 12.8. The highest BCUT2D eigenvalue weighted by Gasteiger charge is 2.59. The third-order valence-corrected chi connectivity index (χ3v) is 6.57. The second kappa shape index (κ2) is 6.81. The van der Waals surface area contributed by atoms with Gasteiger partial charge in [-0.1, -0.05) is 18.2 Å². The normalized spacial score (nSPS) is 37.4. The summed E-state index contributed by atoms with van der Waals surface area (Å²) in [5.41, 5.74) is -0.330. The Morgan fingerprint density at radius 2 is 1.72 bits per heavy atom. The molecule has 4 aliphatic rings. The Hall–Kier alpha value is -1.84. The molecule has 4 saturated carbocycles. The van der Waals surface area contributed by atoms with Crippen LogP contribution in [0.1, 0.15) is 45.4 Å². The average Bonchev–Trinajstić information content (AvgIpc) is 2.56. The van der Waals surface area contributed by atoms with Crippen LogP contribution in [0.2, 0.25) is 0 Å². The van der Waals surface area contributed by atoms with Gasteiger partial charge in [-0.2, -0.15) is 0 Å². The maximum Gasteiger partial charge on any atom is 0.330 e. The molecule has 4 bridgehead atoms. The van der Waals surface area contributed by atoms with E-state index in [1.165, 1.54) is 25.5 Å². The largest absolute Gasteiger partial charge is 0.478 e. The van der Waals surface area contributed by atoms with Crippen molar-refractivity contribution >= 4 is 11.9 Å². The molecule has 4 aliphatic carbocycles. The number of hydrogen-bond donors (Lipinski definition) is 1. The highest BCUT2D eigenvalue weighted by molar-refractivity contribution is 5.88. The lowest BCUT2D eigenvalue weighted by Gasteiger charge is -2.60. The van der Waals surface area contributed by atoms with Crippen molar-refractivity contribution in [2.75, 3.05) is 0 Å². The molecule has 136 valence electrons. The van der Waals surface area contributed by atoms with Crippen LogP contribution >= 0.6 is 0 Å². The summed E-state index contributed by atoms with van der Waals surface area (Å²) >= 11 is 0. The van der Waals surface area contributed by atoms with Gasteiger partial charge in [-0.3, -0.25) is 4.79 Å². The molecule has 0 aromatic carbocycles. The fraction of sp³-hybridized carbons (Fsp3) is 0.619. The topological polar surface area (TPSA) is 63.6 Å². The second-order valence-corrected chi connectivity index (χ2v) is 8.09. The Morgan fingerprint density at radius 1 is 1.16 bits per heavy atom. The van der Waals surface area contributed by atoms with Crippen LogP contribution in [0.5, 0.6) is 0 Å². The minimum atomic E-state index is -1.03. The van der Waals surface area contributed by atoms with Gasteiger partial charge >= 0.3 is 11.9 Å². The van der Waals surface area contributed by atoms with E-state index < -0.39 is 17.5 Å². The number of carboxylic acids is 1. The van der Waals surface area contributed by atoms with Gasteiger partial charge in [0.1, 0.15) is 5.60 Å². The van der Waals surface area contributed by atoms with Gasteiger partial charge in [-0.05, 0) is 62.7 Å². The van der Waals surface area contributed by atoms with Crippen LogP contribution in [0, 0.1) is 29.6 Å². The molecule has 0 radical (unpaired) electrons. The van der Waals surface area contributed by atoms with Crippen molar-refractivity contribution in [1.29, 1.82) is 0 Å². The predicted molar refractivity (Wildman–Crippen MR) is 95.8 cm³/mol. The summed E-state index contributed by atoms with van der Waals surface area (Å²) in [7, 11) is 0. The van der Waals surface area contributed by atoms with Crippen LogP contribution in [0.25, 0.3) is 0 Å². The van der Waals surface area contributed by atoms with E-state index in [4.69, 9.17) is 9.84 Å². The van der Waals surface area contributed by atoms with E-state index in [9.17, 15) is 9.59 Å². The fourth-order valence-electron chi connectivity index (χ4n) is 5.58. The number of rotatable bonds is 7. The summed E-state index contributed by atoms with van der Waals surface area (Å²) in [5.74, 6) is 0.225. The average molecular weight is 344 g/mol. The quantitative estimate of drug-likeness (QED) is 0.428. The molecule has 4 fully saturated rings. The van der Waals surface area contributed by atoms with Gasteiger partial charge in [0.2, 0.25) is 0 Å². The first-order valence-corrected chi connectivity index (χ1v) is 9.27.